The molecule has 0 saturated carbocycles. The summed E-state index contributed by atoms with van der Waals surface area (Å²) in [6.45, 7) is 11.5. The van der Waals surface area contributed by atoms with Crippen molar-refractivity contribution in [2.24, 2.45) is 9.98 Å². The van der Waals surface area contributed by atoms with E-state index in [0.717, 1.165) is 98.9 Å². The Labute approximate surface area is 447 Å². The minimum Gasteiger partial charge on any atom is -0.455 e. The van der Waals surface area contributed by atoms with Crippen molar-refractivity contribution in [3.63, 3.8) is 0 Å². The molecule has 12 aromatic carbocycles. The monoisotopic (exact) mass is 987 g/mol. The van der Waals surface area contributed by atoms with Gasteiger partial charge in [0.2, 0.25) is 0 Å². The van der Waals surface area contributed by atoms with Crippen LogP contribution in [-0.2, 0) is 6.42 Å². The summed E-state index contributed by atoms with van der Waals surface area (Å²) in [5, 5.41) is 13.7. The maximum Gasteiger partial charge on any atom is 0.160 e. The maximum absolute atomic E-state index is 7.00. The van der Waals surface area contributed by atoms with Crippen LogP contribution >= 0.6 is 0 Å². The summed E-state index contributed by atoms with van der Waals surface area (Å²) >= 11 is 0. The molecular formula is C73H53N3O. The molecule has 0 bridgehead atoms. The fourth-order valence-electron chi connectivity index (χ4n) is 12.0. The van der Waals surface area contributed by atoms with Gasteiger partial charge < -0.3 is 8.98 Å². The lowest BCUT2D eigenvalue weighted by Crippen LogP contribution is -2.08. The Morgan fingerprint density at radius 2 is 1.04 bits per heavy atom. The van der Waals surface area contributed by atoms with Crippen LogP contribution in [0.1, 0.15) is 60.1 Å². The number of rotatable bonds is 9. The lowest BCUT2D eigenvalue weighted by atomic mass is 9.84. The molecule has 0 amide bonds. The molecule has 4 nitrogen and oxygen atoms in total. The minimum absolute atomic E-state index is 0.301. The van der Waals surface area contributed by atoms with Gasteiger partial charge in [-0.3, -0.25) is 0 Å². The van der Waals surface area contributed by atoms with Crippen molar-refractivity contribution in [2.75, 3.05) is 0 Å². The van der Waals surface area contributed by atoms with E-state index in [1.807, 2.05) is 0 Å². The molecule has 0 N–H and O–H groups in total. The molecule has 0 aliphatic heterocycles. The molecule has 0 spiro atoms. The normalized spacial score (nSPS) is 12.5. The topological polar surface area (TPSA) is 42.8 Å². The van der Waals surface area contributed by atoms with Gasteiger partial charge in [-0.05, 0) is 139 Å². The number of hydrogen-bond donors (Lipinski definition) is 0. The highest BCUT2D eigenvalue weighted by atomic mass is 16.3. The van der Waals surface area contributed by atoms with E-state index in [1.54, 1.807) is 0 Å². The fourth-order valence-corrected chi connectivity index (χ4v) is 12.0. The van der Waals surface area contributed by atoms with Crippen molar-refractivity contribution in [2.45, 2.75) is 33.1 Å². The van der Waals surface area contributed by atoms with Gasteiger partial charge in [0.1, 0.15) is 11.2 Å². The maximum atomic E-state index is 7.00. The molecule has 0 aliphatic carbocycles. The number of benzene rings is 12. The average molecular weight is 988 g/mol. The van der Waals surface area contributed by atoms with Crippen molar-refractivity contribution in [3.05, 3.63) is 277 Å². The summed E-state index contributed by atoms with van der Waals surface area (Å²) in [6.07, 6.45) is 0.637. The summed E-state index contributed by atoms with van der Waals surface area (Å²) < 4.78 is 9.34. The number of aliphatic imine (C=N–C) groups is 2. The summed E-state index contributed by atoms with van der Waals surface area (Å²) in [7, 11) is 0. The van der Waals surface area contributed by atoms with Crippen molar-refractivity contribution in [1.82, 2.24) is 4.57 Å². The van der Waals surface area contributed by atoms with Crippen LogP contribution in [0, 0.1) is 0 Å². The highest BCUT2D eigenvalue weighted by Crippen LogP contribution is 2.42. The third-order valence-electron chi connectivity index (χ3n) is 15.7. The van der Waals surface area contributed by atoms with Crippen LogP contribution in [0.2, 0.25) is 0 Å². The van der Waals surface area contributed by atoms with E-state index in [4.69, 9.17) is 21.0 Å². The molecule has 366 valence electrons. The van der Waals surface area contributed by atoms with Crippen LogP contribution in [0.15, 0.2) is 258 Å². The first-order chi connectivity index (χ1) is 37.8. The van der Waals surface area contributed by atoms with E-state index >= 15 is 0 Å². The Kier molecular flexibility index (Phi) is 11.1. The zero-order chi connectivity index (χ0) is 51.7. The number of para-hydroxylation sites is 2. The van der Waals surface area contributed by atoms with Crippen LogP contribution in [0.4, 0.5) is 0 Å². The van der Waals surface area contributed by atoms with Gasteiger partial charge in [-0.2, -0.15) is 0 Å². The third-order valence-corrected chi connectivity index (χ3v) is 15.7. The number of hydrogen-bond acceptors (Lipinski definition) is 2. The third kappa shape index (κ3) is 7.91. The van der Waals surface area contributed by atoms with Gasteiger partial charge >= 0.3 is 0 Å². The minimum atomic E-state index is 0.301. The van der Waals surface area contributed by atoms with Crippen molar-refractivity contribution in [1.29, 1.82) is 0 Å². The van der Waals surface area contributed by atoms with Gasteiger partial charge in [0, 0.05) is 55.0 Å². The molecule has 77 heavy (non-hydrogen) atoms. The Bertz CT molecular complexity index is 4770. The number of amidine groups is 1. The van der Waals surface area contributed by atoms with E-state index in [1.165, 1.54) is 43.8 Å². The molecule has 2 heterocycles. The molecule has 0 radical (unpaired) electrons. The Hall–Kier alpha value is -9.64. The highest BCUT2D eigenvalue weighted by molar-refractivity contribution is 6.24. The van der Waals surface area contributed by atoms with Crippen LogP contribution in [0.25, 0.3) is 109 Å². The van der Waals surface area contributed by atoms with Crippen molar-refractivity contribution in [3.8, 4) is 16.8 Å². The van der Waals surface area contributed by atoms with Crippen LogP contribution in [0.3, 0.4) is 0 Å². The summed E-state index contributed by atoms with van der Waals surface area (Å²) in [5.41, 5.74) is 15.5. The van der Waals surface area contributed by atoms with E-state index < -0.39 is 0 Å². The van der Waals surface area contributed by atoms with Gasteiger partial charge in [0.15, 0.2) is 5.84 Å². The standard InChI is InChI=1S/C73H53N3O/c1-45(2)63-40-51-23-10-11-25-53(51)42-66(63)65-41-52-24-9-8-22-50(52)38-54(65)39-55-43-67-60-37-36-49-21-13-15-30-59(49)72(60)77-70(67)44-64(55)47(4)75-73(74-46(3)57-32-18-26-48-20-12-14-29-58(48)57)62-33-19-35-69-71(62)61-31-16-17-34-68(61)76(69)56-27-6-5-7-28-56/h5-38,40-45H,3,39H2,1-2,4H3. The Morgan fingerprint density at radius 1 is 0.455 bits per heavy atom. The quantitative estimate of drug-likeness (QED) is 0.105. The molecule has 0 aliphatic rings. The SMILES string of the molecule is C=C(N=C(N=C(C)c1cc2oc3c4ccccc4ccc3c2cc1Cc1cc2ccccc2cc1-c1cc2ccccc2cc1C(C)C)c1cccc2c1c1ccccc1n2-c1ccccc1)c1cccc2ccccc12. The van der Waals surface area contributed by atoms with Gasteiger partial charge in [-0.15, -0.1) is 0 Å². The molecule has 0 saturated heterocycles. The first-order valence-electron chi connectivity index (χ1n) is 26.6. The molecule has 14 rings (SSSR count). The zero-order valence-electron chi connectivity index (χ0n) is 43.3. The number of nitrogens with zero attached hydrogens (tertiary/aromatic N) is 3. The second-order valence-corrected chi connectivity index (χ2v) is 20.7. The van der Waals surface area contributed by atoms with Crippen LogP contribution < -0.4 is 0 Å². The largest absolute Gasteiger partial charge is 0.455 e. The lowest BCUT2D eigenvalue weighted by molar-refractivity contribution is 0.672. The molecular weight excluding hydrogens is 935 g/mol. The van der Waals surface area contributed by atoms with Gasteiger partial charge in [-0.1, -0.05) is 202 Å². The van der Waals surface area contributed by atoms with Crippen LogP contribution in [-0.4, -0.2) is 16.1 Å². The average Bonchev–Trinajstić information content (AvgIpc) is 4.04. The molecule has 0 fully saturated rings. The molecule has 14 aromatic rings. The number of fused-ring (bicyclic) bond motifs is 11. The lowest BCUT2D eigenvalue weighted by Gasteiger charge is -2.20. The smallest absolute Gasteiger partial charge is 0.160 e. The predicted octanol–water partition coefficient (Wildman–Crippen LogP) is 19.6. The van der Waals surface area contributed by atoms with Gasteiger partial charge in [0.25, 0.3) is 0 Å². The zero-order valence-corrected chi connectivity index (χ0v) is 43.3. The predicted molar refractivity (Wildman–Crippen MR) is 328 cm³/mol. The molecule has 0 unspecified atom stereocenters. The molecule has 4 heteroatoms. The fraction of sp³-hybridized carbons (Fsp3) is 0.0685. The van der Waals surface area contributed by atoms with Crippen molar-refractivity contribution >= 4 is 104 Å². The second-order valence-electron chi connectivity index (χ2n) is 20.7. The van der Waals surface area contributed by atoms with E-state index in [-0.39, 0.29) is 0 Å². The highest BCUT2D eigenvalue weighted by Gasteiger charge is 2.23. The van der Waals surface area contributed by atoms with E-state index in [9.17, 15) is 0 Å². The van der Waals surface area contributed by atoms with Gasteiger partial charge in [-0.25, -0.2) is 9.98 Å². The first-order valence-corrected chi connectivity index (χ1v) is 26.6. The van der Waals surface area contributed by atoms with E-state index in [2.05, 4.69) is 262 Å². The second kappa shape index (κ2) is 18.6. The molecule has 0 atom stereocenters. The van der Waals surface area contributed by atoms with Crippen LogP contribution in [0.5, 0.6) is 0 Å². The Balaban J connectivity index is 1.03. The van der Waals surface area contributed by atoms with Gasteiger partial charge in [0.05, 0.1) is 16.7 Å². The Morgan fingerprint density at radius 3 is 1.79 bits per heavy atom. The number of aromatic nitrogens is 1. The van der Waals surface area contributed by atoms with E-state index in [0.29, 0.717) is 23.9 Å². The first kappa shape index (κ1) is 45.9. The summed E-state index contributed by atoms with van der Waals surface area (Å²) in [4.78, 5) is 11.3. The molecule has 2 aromatic heterocycles. The summed E-state index contributed by atoms with van der Waals surface area (Å²) in [6, 6.07) is 85.2. The van der Waals surface area contributed by atoms with Crippen molar-refractivity contribution < 1.29 is 4.42 Å². The number of furan rings is 1. The summed E-state index contributed by atoms with van der Waals surface area (Å²) in [5.74, 6) is 0.877.